The molecule has 0 bridgehead atoms. The molecular formula is C24H25ClN2O4. The first-order chi connectivity index (χ1) is 14.8. The number of nitrogens with zero attached hydrogens (tertiary/aromatic N) is 1. The summed E-state index contributed by atoms with van der Waals surface area (Å²) in [6.45, 7) is 5.20. The largest absolute Gasteiger partial charge is 0.495 e. The fraction of sp³-hybridized carbons (Fsp3) is 0.250. The lowest BCUT2D eigenvalue weighted by Gasteiger charge is -2.15. The number of halogens is 1. The molecule has 3 rings (SSSR count). The zero-order valence-corrected chi connectivity index (χ0v) is 18.7. The average molecular weight is 441 g/mol. The Balaban J connectivity index is 1.71. The highest BCUT2D eigenvalue weighted by atomic mass is 35.5. The van der Waals surface area contributed by atoms with Gasteiger partial charge in [-0.25, -0.2) is 4.79 Å². The highest BCUT2D eigenvalue weighted by Gasteiger charge is 2.21. The summed E-state index contributed by atoms with van der Waals surface area (Å²) in [5.41, 5.74) is 3.55. The second-order valence-corrected chi connectivity index (χ2v) is 7.65. The van der Waals surface area contributed by atoms with Crippen molar-refractivity contribution < 1.29 is 19.1 Å². The van der Waals surface area contributed by atoms with Gasteiger partial charge >= 0.3 is 5.97 Å². The van der Waals surface area contributed by atoms with E-state index in [2.05, 4.69) is 5.32 Å². The predicted molar refractivity (Wildman–Crippen MR) is 120 cm³/mol. The van der Waals surface area contributed by atoms with E-state index in [1.165, 1.54) is 0 Å². The molecule has 162 valence electrons. The SMILES string of the molecule is COc1ccc(Cl)cc1-n1c(C)cc(C(=O)OCC(=O)NC(C)c2ccccc2)c1C. The first-order valence-corrected chi connectivity index (χ1v) is 10.2. The number of hydrogen-bond donors (Lipinski definition) is 1. The minimum atomic E-state index is -0.567. The van der Waals surface area contributed by atoms with Gasteiger partial charge in [0.2, 0.25) is 0 Å². The molecule has 6 nitrogen and oxygen atoms in total. The lowest BCUT2D eigenvalue weighted by molar-refractivity contribution is -0.124. The Morgan fingerprint density at radius 2 is 1.81 bits per heavy atom. The number of ether oxygens (including phenoxy) is 2. The maximum absolute atomic E-state index is 12.7. The summed E-state index contributed by atoms with van der Waals surface area (Å²) >= 11 is 6.16. The molecule has 0 aliphatic rings. The predicted octanol–water partition coefficient (Wildman–Crippen LogP) is 4.79. The van der Waals surface area contributed by atoms with E-state index < -0.39 is 5.97 Å². The number of hydrogen-bond acceptors (Lipinski definition) is 4. The average Bonchev–Trinajstić information content (AvgIpc) is 3.06. The van der Waals surface area contributed by atoms with Crippen LogP contribution in [0.25, 0.3) is 5.69 Å². The third kappa shape index (κ3) is 5.09. The topological polar surface area (TPSA) is 69.6 Å². The van der Waals surface area contributed by atoms with E-state index in [1.807, 2.05) is 55.7 Å². The van der Waals surface area contributed by atoms with Crippen LogP contribution in [0.4, 0.5) is 0 Å². The molecule has 0 saturated carbocycles. The monoisotopic (exact) mass is 440 g/mol. The Labute approximate surface area is 186 Å². The highest BCUT2D eigenvalue weighted by Crippen LogP contribution is 2.30. The lowest BCUT2D eigenvalue weighted by atomic mass is 10.1. The van der Waals surface area contributed by atoms with Gasteiger partial charge in [-0.15, -0.1) is 0 Å². The van der Waals surface area contributed by atoms with Crippen molar-refractivity contribution in [1.29, 1.82) is 0 Å². The molecule has 1 atom stereocenters. The zero-order chi connectivity index (χ0) is 22.5. The normalized spacial score (nSPS) is 11.6. The van der Waals surface area contributed by atoms with E-state index in [4.69, 9.17) is 21.1 Å². The molecule has 1 heterocycles. The quantitative estimate of drug-likeness (QED) is 0.536. The first kappa shape index (κ1) is 22.4. The van der Waals surface area contributed by atoms with E-state index in [9.17, 15) is 9.59 Å². The van der Waals surface area contributed by atoms with Gasteiger partial charge in [0, 0.05) is 16.4 Å². The number of methoxy groups -OCH3 is 1. The van der Waals surface area contributed by atoms with E-state index in [0.29, 0.717) is 22.0 Å². The standard InChI is InChI=1S/C24H25ClN2O4/c1-15-12-20(17(3)27(15)21-13-19(25)10-11-22(21)30-4)24(29)31-14-23(28)26-16(2)18-8-6-5-7-9-18/h5-13,16H,14H2,1-4H3,(H,26,28). The van der Waals surface area contributed by atoms with Crippen molar-refractivity contribution in [3.8, 4) is 11.4 Å². The van der Waals surface area contributed by atoms with Crippen LogP contribution in [0.3, 0.4) is 0 Å². The lowest BCUT2D eigenvalue weighted by Crippen LogP contribution is -2.31. The number of benzene rings is 2. The molecular weight excluding hydrogens is 416 g/mol. The molecule has 0 aliphatic heterocycles. The van der Waals surface area contributed by atoms with Crippen LogP contribution in [-0.4, -0.2) is 30.2 Å². The van der Waals surface area contributed by atoms with Gasteiger partial charge in [-0.2, -0.15) is 0 Å². The number of carbonyl (C=O) groups is 2. The van der Waals surface area contributed by atoms with Crippen molar-refractivity contribution in [2.24, 2.45) is 0 Å². The van der Waals surface area contributed by atoms with Gasteiger partial charge in [0.1, 0.15) is 5.75 Å². The van der Waals surface area contributed by atoms with Gasteiger partial charge in [0.15, 0.2) is 6.61 Å². The van der Waals surface area contributed by atoms with Crippen LogP contribution in [-0.2, 0) is 9.53 Å². The summed E-state index contributed by atoms with van der Waals surface area (Å²) in [6.07, 6.45) is 0. The molecule has 2 aromatic carbocycles. The van der Waals surface area contributed by atoms with E-state index in [-0.39, 0.29) is 18.6 Å². The Morgan fingerprint density at radius 3 is 2.48 bits per heavy atom. The van der Waals surface area contributed by atoms with Crippen LogP contribution in [0.15, 0.2) is 54.6 Å². The van der Waals surface area contributed by atoms with Crippen molar-refractivity contribution in [2.45, 2.75) is 26.8 Å². The summed E-state index contributed by atoms with van der Waals surface area (Å²) in [7, 11) is 1.57. The van der Waals surface area contributed by atoms with Crippen LogP contribution < -0.4 is 10.1 Å². The highest BCUT2D eigenvalue weighted by molar-refractivity contribution is 6.30. The number of carbonyl (C=O) groups excluding carboxylic acids is 2. The molecule has 0 fully saturated rings. The molecule has 31 heavy (non-hydrogen) atoms. The maximum atomic E-state index is 12.7. The fourth-order valence-corrected chi connectivity index (χ4v) is 3.66. The molecule has 1 unspecified atom stereocenters. The molecule has 1 N–H and O–H groups in total. The smallest absolute Gasteiger partial charge is 0.340 e. The van der Waals surface area contributed by atoms with E-state index >= 15 is 0 Å². The Kier molecular flexibility index (Phi) is 7.02. The molecule has 1 aromatic heterocycles. The summed E-state index contributed by atoms with van der Waals surface area (Å²) in [4.78, 5) is 24.9. The zero-order valence-electron chi connectivity index (χ0n) is 17.9. The summed E-state index contributed by atoms with van der Waals surface area (Å²) < 4.78 is 12.6. The number of esters is 1. The molecule has 3 aromatic rings. The van der Waals surface area contributed by atoms with E-state index in [0.717, 1.165) is 16.9 Å². The molecule has 0 radical (unpaired) electrons. The number of nitrogens with one attached hydrogen (secondary N) is 1. The third-order valence-electron chi connectivity index (χ3n) is 5.04. The van der Waals surface area contributed by atoms with Crippen molar-refractivity contribution in [3.63, 3.8) is 0 Å². The number of aryl methyl sites for hydroxylation is 1. The second-order valence-electron chi connectivity index (χ2n) is 7.21. The fourth-order valence-electron chi connectivity index (χ4n) is 3.50. The molecule has 0 spiro atoms. The van der Waals surface area contributed by atoms with Gasteiger partial charge < -0.3 is 19.4 Å². The number of amides is 1. The van der Waals surface area contributed by atoms with Crippen molar-refractivity contribution in [3.05, 3.63) is 82.1 Å². The summed E-state index contributed by atoms with van der Waals surface area (Å²) in [5, 5.41) is 3.38. The van der Waals surface area contributed by atoms with Crippen LogP contribution in [0.1, 0.15) is 40.3 Å². The number of rotatable bonds is 7. The van der Waals surface area contributed by atoms with Gasteiger partial charge in [-0.1, -0.05) is 41.9 Å². The Hall–Kier alpha value is -3.25. The maximum Gasteiger partial charge on any atom is 0.340 e. The Morgan fingerprint density at radius 1 is 1.10 bits per heavy atom. The van der Waals surface area contributed by atoms with Gasteiger partial charge in [-0.05, 0) is 50.6 Å². The second kappa shape index (κ2) is 9.71. The molecule has 7 heteroatoms. The third-order valence-corrected chi connectivity index (χ3v) is 5.28. The van der Waals surface area contributed by atoms with Crippen LogP contribution in [0.5, 0.6) is 5.75 Å². The van der Waals surface area contributed by atoms with Crippen molar-refractivity contribution >= 4 is 23.5 Å². The summed E-state index contributed by atoms with van der Waals surface area (Å²) in [6, 6.07) is 16.4. The van der Waals surface area contributed by atoms with Crippen LogP contribution >= 0.6 is 11.6 Å². The minimum absolute atomic E-state index is 0.187. The Bertz CT molecular complexity index is 1090. The van der Waals surface area contributed by atoms with E-state index in [1.54, 1.807) is 31.4 Å². The first-order valence-electron chi connectivity index (χ1n) is 9.86. The molecule has 0 aliphatic carbocycles. The number of aromatic nitrogens is 1. The minimum Gasteiger partial charge on any atom is -0.495 e. The molecule has 1 amide bonds. The van der Waals surface area contributed by atoms with Gasteiger partial charge in [0.05, 0.1) is 24.4 Å². The summed E-state index contributed by atoms with van der Waals surface area (Å²) in [5.74, 6) is -0.307. The molecule has 0 saturated heterocycles. The van der Waals surface area contributed by atoms with Crippen LogP contribution in [0.2, 0.25) is 5.02 Å². The van der Waals surface area contributed by atoms with Gasteiger partial charge in [-0.3, -0.25) is 4.79 Å². The van der Waals surface area contributed by atoms with Crippen LogP contribution in [0, 0.1) is 13.8 Å². The van der Waals surface area contributed by atoms with Gasteiger partial charge in [0.25, 0.3) is 5.91 Å². The van der Waals surface area contributed by atoms with Crippen molar-refractivity contribution in [2.75, 3.05) is 13.7 Å². The van der Waals surface area contributed by atoms with Crippen molar-refractivity contribution in [1.82, 2.24) is 9.88 Å².